The molecule has 3 rings (SSSR count). The van der Waals surface area contributed by atoms with E-state index in [0.717, 1.165) is 12.1 Å². The molecule has 0 saturated carbocycles. The zero-order valence-corrected chi connectivity index (χ0v) is 15.4. The van der Waals surface area contributed by atoms with Crippen molar-refractivity contribution >= 4 is 30.7 Å². The van der Waals surface area contributed by atoms with Crippen molar-refractivity contribution in [2.75, 3.05) is 13.1 Å². The van der Waals surface area contributed by atoms with Crippen LogP contribution < -0.4 is 5.73 Å². The number of carbonyl (C=O) groups excluding carboxylic acids is 1. The first kappa shape index (κ1) is 20.4. The molecule has 2 aromatic rings. The molecule has 0 aliphatic carbocycles. The molecule has 0 bridgehead atoms. The van der Waals surface area contributed by atoms with Crippen LogP contribution in [0.5, 0.6) is 0 Å². The maximum atomic E-state index is 12.7. The number of halogens is 2. The normalized spacial score (nSPS) is 19.1. The quantitative estimate of drug-likeness (QED) is 0.878. The molecule has 0 spiro atoms. The lowest BCUT2D eigenvalue weighted by Crippen LogP contribution is -2.53. The minimum atomic E-state index is -0.0622. The maximum Gasteiger partial charge on any atom is 0.257 e. The highest BCUT2D eigenvalue weighted by atomic mass is 35.5. The zero-order valence-electron chi connectivity index (χ0n) is 13.8. The highest BCUT2D eigenvalue weighted by Crippen LogP contribution is 2.28. The average Bonchev–Trinajstić information content (AvgIpc) is 3.00. The highest BCUT2D eigenvalue weighted by molar-refractivity contribution is 5.94. The Balaban J connectivity index is 0.00000144. The molecule has 2 N–H and O–H groups in total. The molecular formula is C16H23Cl2N5O. The van der Waals surface area contributed by atoms with Gasteiger partial charge in [0, 0.05) is 31.5 Å². The molecule has 1 atom stereocenters. The fraction of sp³-hybridized carbons (Fsp3) is 0.438. The number of hydrogen-bond acceptors (Lipinski definition) is 4. The summed E-state index contributed by atoms with van der Waals surface area (Å²) in [6.07, 6.45) is 7.61. The molecule has 3 heterocycles. The fourth-order valence-electron chi connectivity index (χ4n) is 2.79. The van der Waals surface area contributed by atoms with Gasteiger partial charge >= 0.3 is 0 Å². The number of rotatable bonds is 2. The third-order valence-electron chi connectivity index (χ3n) is 4.34. The summed E-state index contributed by atoms with van der Waals surface area (Å²) in [6.45, 7) is 5.58. The van der Waals surface area contributed by atoms with Crippen molar-refractivity contribution in [3.63, 3.8) is 0 Å². The number of amides is 1. The number of likely N-dealkylation sites (tertiary alicyclic amines) is 1. The number of aromatic nitrogens is 3. The van der Waals surface area contributed by atoms with Crippen LogP contribution in [0.4, 0.5) is 0 Å². The number of carbonyl (C=O) groups is 1. The van der Waals surface area contributed by atoms with Crippen molar-refractivity contribution in [2.24, 2.45) is 11.1 Å². The maximum absolute atomic E-state index is 12.7. The summed E-state index contributed by atoms with van der Waals surface area (Å²) in [5.41, 5.74) is 7.50. The topological polar surface area (TPSA) is 77.0 Å². The van der Waals surface area contributed by atoms with Crippen molar-refractivity contribution in [2.45, 2.75) is 26.3 Å². The predicted molar refractivity (Wildman–Crippen MR) is 98.1 cm³/mol. The molecule has 0 radical (unpaired) electrons. The molecule has 24 heavy (non-hydrogen) atoms. The lowest BCUT2D eigenvalue weighted by atomic mass is 9.79. The van der Waals surface area contributed by atoms with Crippen molar-refractivity contribution in [3.05, 3.63) is 42.5 Å². The van der Waals surface area contributed by atoms with Gasteiger partial charge in [0.25, 0.3) is 5.91 Å². The Hall–Kier alpha value is -1.63. The Labute approximate surface area is 154 Å². The Bertz CT molecular complexity index is 674. The highest BCUT2D eigenvalue weighted by Gasteiger charge is 2.35. The van der Waals surface area contributed by atoms with Gasteiger partial charge in [-0.25, -0.2) is 4.68 Å². The Kier molecular flexibility index (Phi) is 6.77. The van der Waals surface area contributed by atoms with Gasteiger partial charge in [-0.3, -0.25) is 9.78 Å². The second-order valence-corrected chi connectivity index (χ2v) is 6.50. The van der Waals surface area contributed by atoms with Crippen LogP contribution in [0, 0.1) is 5.41 Å². The molecule has 1 amide bonds. The summed E-state index contributed by atoms with van der Waals surface area (Å²) >= 11 is 0. The van der Waals surface area contributed by atoms with Gasteiger partial charge in [0.05, 0.1) is 23.6 Å². The van der Waals surface area contributed by atoms with Crippen LogP contribution in [0.25, 0.3) is 5.69 Å². The van der Waals surface area contributed by atoms with Crippen molar-refractivity contribution < 1.29 is 4.79 Å². The first-order valence-electron chi connectivity index (χ1n) is 7.47. The molecule has 2 aromatic heterocycles. The van der Waals surface area contributed by atoms with Gasteiger partial charge in [0.2, 0.25) is 0 Å². The van der Waals surface area contributed by atoms with Crippen LogP contribution in [0.2, 0.25) is 0 Å². The van der Waals surface area contributed by atoms with E-state index in [9.17, 15) is 4.79 Å². The second-order valence-electron chi connectivity index (χ2n) is 6.50. The summed E-state index contributed by atoms with van der Waals surface area (Å²) in [6, 6.07) is 3.87. The predicted octanol–water partition coefficient (Wildman–Crippen LogP) is 2.31. The molecule has 0 aromatic carbocycles. The third kappa shape index (κ3) is 4.06. The fourth-order valence-corrected chi connectivity index (χ4v) is 2.79. The minimum absolute atomic E-state index is 0. The van der Waals surface area contributed by atoms with Gasteiger partial charge in [-0.1, -0.05) is 13.8 Å². The number of nitrogens with zero attached hydrogens (tertiary/aromatic N) is 4. The second kappa shape index (κ2) is 7.96. The smallest absolute Gasteiger partial charge is 0.257 e. The van der Waals surface area contributed by atoms with E-state index in [-0.39, 0.29) is 42.2 Å². The van der Waals surface area contributed by atoms with Crippen LogP contribution in [0.3, 0.4) is 0 Å². The number of nitrogens with two attached hydrogens (primary N) is 1. The Morgan fingerprint density at radius 1 is 1.33 bits per heavy atom. The Morgan fingerprint density at radius 2 is 2.08 bits per heavy atom. The minimum Gasteiger partial charge on any atom is -0.338 e. The van der Waals surface area contributed by atoms with Gasteiger partial charge in [0.1, 0.15) is 0 Å². The van der Waals surface area contributed by atoms with Gasteiger partial charge < -0.3 is 10.6 Å². The summed E-state index contributed by atoms with van der Waals surface area (Å²) in [7, 11) is 0. The molecule has 1 aliphatic rings. The summed E-state index contributed by atoms with van der Waals surface area (Å²) in [4.78, 5) is 18.6. The number of pyridine rings is 1. The van der Waals surface area contributed by atoms with E-state index in [1.807, 2.05) is 17.0 Å². The molecule has 8 heteroatoms. The molecule has 1 fully saturated rings. The molecular weight excluding hydrogens is 349 g/mol. The van der Waals surface area contributed by atoms with Crippen LogP contribution in [-0.4, -0.2) is 44.7 Å². The van der Waals surface area contributed by atoms with Gasteiger partial charge in [-0.2, -0.15) is 5.10 Å². The van der Waals surface area contributed by atoms with Crippen molar-refractivity contribution in [1.82, 2.24) is 19.7 Å². The molecule has 6 nitrogen and oxygen atoms in total. The molecule has 1 unspecified atom stereocenters. The van der Waals surface area contributed by atoms with Crippen LogP contribution in [0.15, 0.2) is 36.9 Å². The first-order chi connectivity index (χ1) is 10.5. The van der Waals surface area contributed by atoms with E-state index in [1.54, 1.807) is 29.5 Å². The van der Waals surface area contributed by atoms with E-state index in [2.05, 4.69) is 23.9 Å². The van der Waals surface area contributed by atoms with E-state index in [1.165, 1.54) is 0 Å². The van der Waals surface area contributed by atoms with Crippen molar-refractivity contribution in [1.29, 1.82) is 0 Å². The van der Waals surface area contributed by atoms with Crippen LogP contribution in [0.1, 0.15) is 30.6 Å². The third-order valence-corrected chi connectivity index (χ3v) is 4.34. The lowest BCUT2D eigenvalue weighted by Gasteiger charge is -2.42. The van der Waals surface area contributed by atoms with Gasteiger partial charge in [-0.05, 0) is 24.0 Å². The van der Waals surface area contributed by atoms with Crippen molar-refractivity contribution in [3.8, 4) is 5.69 Å². The standard InChI is InChI=1S/C16H21N5O.2ClH/c1-16(2)11-20(7-5-14(16)17)15(22)12-8-19-21(10-12)13-4-3-6-18-9-13;;/h3-4,6,8-10,14H,5,7,11,17H2,1-2H3;2*1H. The molecule has 1 aliphatic heterocycles. The van der Waals surface area contributed by atoms with E-state index in [0.29, 0.717) is 18.7 Å². The number of piperidine rings is 1. The monoisotopic (exact) mass is 371 g/mol. The van der Waals surface area contributed by atoms with E-state index < -0.39 is 0 Å². The zero-order chi connectivity index (χ0) is 15.7. The van der Waals surface area contributed by atoms with Gasteiger partial charge in [0.15, 0.2) is 0 Å². The van der Waals surface area contributed by atoms with Crippen LogP contribution in [-0.2, 0) is 0 Å². The summed E-state index contributed by atoms with van der Waals surface area (Å²) < 4.78 is 1.67. The summed E-state index contributed by atoms with van der Waals surface area (Å²) in [5.74, 6) is 0.00937. The Morgan fingerprint density at radius 3 is 2.71 bits per heavy atom. The molecule has 1 saturated heterocycles. The lowest BCUT2D eigenvalue weighted by molar-refractivity contribution is 0.0533. The largest absolute Gasteiger partial charge is 0.338 e. The first-order valence-corrected chi connectivity index (χ1v) is 7.47. The summed E-state index contributed by atoms with van der Waals surface area (Å²) in [5, 5.41) is 4.26. The average molecular weight is 372 g/mol. The van der Waals surface area contributed by atoms with Crippen LogP contribution >= 0.6 is 24.8 Å². The van der Waals surface area contributed by atoms with Gasteiger partial charge in [-0.15, -0.1) is 24.8 Å². The number of hydrogen-bond donors (Lipinski definition) is 1. The van der Waals surface area contributed by atoms with E-state index >= 15 is 0 Å². The van der Waals surface area contributed by atoms with E-state index in [4.69, 9.17) is 5.73 Å². The molecule has 132 valence electrons. The SMILES string of the molecule is CC1(C)CN(C(=O)c2cnn(-c3cccnc3)c2)CCC1N.Cl.Cl.